The predicted octanol–water partition coefficient (Wildman–Crippen LogP) is 3.69. The lowest BCUT2D eigenvalue weighted by Crippen LogP contribution is -2.38. The Kier molecular flexibility index (Phi) is 5.32. The topological polar surface area (TPSA) is 106 Å². The molecule has 3 heterocycles. The van der Waals surface area contributed by atoms with Crippen molar-refractivity contribution in [2.75, 3.05) is 50.2 Å². The molecule has 1 aliphatic heterocycles. The van der Waals surface area contributed by atoms with Gasteiger partial charge >= 0.3 is 0 Å². The van der Waals surface area contributed by atoms with Gasteiger partial charge in [0.25, 0.3) is 0 Å². The van der Waals surface area contributed by atoms with Gasteiger partial charge in [0, 0.05) is 61.8 Å². The maximum absolute atomic E-state index is 13.7. The van der Waals surface area contributed by atoms with Crippen LogP contribution in [-0.4, -0.2) is 60.5 Å². The number of H-pyrrole nitrogens is 1. The number of methoxy groups -OCH3 is 1. The highest BCUT2D eigenvalue weighted by molar-refractivity contribution is 7.71. The van der Waals surface area contributed by atoms with Crippen molar-refractivity contribution in [2.45, 2.75) is 18.9 Å². The highest BCUT2D eigenvalue weighted by atomic mass is 31.2. The second-order valence-electron chi connectivity index (χ2n) is 8.46. The molecule has 0 atom stereocenters. The van der Waals surface area contributed by atoms with E-state index in [9.17, 15) is 9.83 Å². The quantitative estimate of drug-likeness (QED) is 0.492. The van der Waals surface area contributed by atoms with Crippen LogP contribution in [0, 0.1) is 11.3 Å². The van der Waals surface area contributed by atoms with Gasteiger partial charge in [-0.25, -0.2) is 4.98 Å². The number of benzene rings is 1. The summed E-state index contributed by atoms with van der Waals surface area (Å²) in [6, 6.07) is 10.6. The van der Waals surface area contributed by atoms with Crippen molar-refractivity contribution in [3.8, 4) is 11.8 Å². The zero-order valence-electron chi connectivity index (χ0n) is 18.3. The van der Waals surface area contributed by atoms with E-state index in [1.807, 2.05) is 31.3 Å². The van der Waals surface area contributed by atoms with Crippen molar-refractivity contribution in [1.29, 1.82) is 5.26 Å². The smallest absolute Gasteiger partial charge is 0.143 e. The minimum atomic E-state index is -2.41. The van der Waals surface area contributed by atoms with Gasteiger partial charge in [-0.2, -0.15) is 5.26 Å². The monoisotopic (exact) mass is 450 g/mol. The van der Waals surface area contributed by atoms with Crippen molar-refractivity contribution < 1.29 is 9.30 Å². The third kappa shape index (κ3) is 3.72. The lowest BCUT2D eigenvalue weighted by atomic mass is 10.2. The largest absolute Gasteiger partial charge is 0.495 e. The number of nitrogens with zero attached hydrogens (tertiary/aromatic N) is 3. The van der Waals surface area contributed by atoms with E-state index in [0.717, 1.165) is 53.5 Å². The Morgan fingerprint density at radius 1 is 1.25 bits per heavy atom. The Morgan fingerprint density at radius 2 is 2.03 bits per heavy atom. The van der Waals surface area contributed by atoms with Crippen LogP contribution in [0.1, 0.15) is 18.4 Å². The number of hydrogen-bond acceptors (Lipinski definition) is 7. The van der Waals surface area contributed by atoms with Gasteiger partial charge in [-0.15, -0.1) is 0 Å². The molecule has 3 aromatic rings. The Labute approximate surface area is 187 Å². The van der Waals surface area contributed by atoms with Crippen LogP contribution in [-0.2, 0) is 4.57 Å². The molecular weight excluding hydrogens is 423 g/mol. The maximum Gasteiger partial charge on any atom is 0.143 e. The second kappa shape index (κ2) is 8.16. The van der Waals surface area contributed by atoms with Crippen LogP contribution in [0.3, 0.4) is 0 Å². The van der Waals surface area contributed by atoms with E-state index in [2.05, 4.69) is 31.6 Å². The van der Waals surface area contributed by atoms with Gasteiger partial charge in [-0.05, 0) is 31.0 Å². The number of anilines is 3. The zero-order valence-corrected chi connectivity index (χ0v) is 19.2. The predicted molar refractivity (Wildman–Crippen MR) is 128 cm³/mol. The molecule has 0 unspecified atom stereocenters. The van der Waals surface area contributed by atoms with Gasteiger partial charge in [0.1, 0.15) is 30.4 Å². The molecule has 32 heavy (non-hydrogen) atoms. The molecule has 3 N–H and O–H groups in total. The zero-order chi connectivity index (χ0) is 22.3. The fourth-order valence-corrected chi connectivity index (χ4v) is 7.12. The highest BCUT2D eigenvalue weighted by Crippen LogP contribution is 2.49. The number of aromatic amines is 1. The van der Waals surface area contributed by atoms with Crippen molar-refractivity contribution in [2.24, 2.45) is 0 Å². The molecule has 2 aliphatic rings. The third-order valence-electron chi connectivity index (χ3n) is 6.51. The van der Waals surface area contributed by atoms with Crippen LogP contribution in [0.5, 0.6) is 5.75 Å². The summed E-state index contributed by atoms with van der Waals surface area (Å²) in [5.41, 5.74) is 2.72. The Balaban J connectivity index is 1.41. The van der Waals surface area contributed by atoms with Crippen LogP contribution in [0.25, 0.3) is 11.0 Å². The molecule has 1 saturated carbocycles. The number of nitriles is 1. The Morgan fingerprint density at radius 3 is 2.69 bits per heavy atom. The van der Waals surface area contributed by atoms with Gasteiger partial charge in [-0.3, -0.25) is 4.90 Å². The first kappa shape index (κ1) is 20.9. The maximum atomic E-state index is 13.7. The molecule has 166 valence electrons. The Hall–Kier alpha value is -3.01. The summed E-state index contributed by atoms with van der Waals surface area (Å²) >= 11 is 0. The average molecular weight is 450 g/mol. The van der Waals surface area contributed by atoms with E-state index >= 15 is 0 Å². The van der Waals surface area contributed by atoms with Crippen LogP contribution < -0.4 is 20.7 Å². The molecular formula is C23H27N6O2P. The summed E-state index contributed by atoms with van der Waals surface area (Å²) in [4.78, 5) is 10.2. The number of pyridine rings is 1. The van der Waals surface area contributed by atoms with Crippen molar-refractivity contribution in [3.63, 3.8) is 0 Å². The molecule has 2 fully saturated rings. The van der Waals surface area contributed by atoms with Gasteiger partial charge in [0.15, 0.2) is 0 Å². The second-order valence-corrected chi connectivity index (χ2v) is 11.6. The number of rotatable bonds is 6. The summed E-state index contributed by atoms with van der Waals surface area (Å²) in [6.07, 6.45) is 5.69. The van der Waals surface area contributed by atoms with Gasteiger partial charge in [0.2, 0.25) is 0 Å². The molecule has 0 amide bonds. The molecule has 0 bridgehead atoms. The van der Waals surface area contributed by atoms with E-state index in [4.69, 9.17) is 4.74 Å². The van der Waals surface area contributed by atoms with Gasteiger partial charge < -0.3 is 24.9 Å². The number of ether oxygens (including phenoxy) is 1. The first-order valence-corrected chi connectivity index (χ1v) is 13.0. The molecule has 5 rings (SSSR count). The van der Waals surface area contributed by atoms with E-state index in [-0.39, 0.29) is 0 Å². The molecule has 2 aromatic heterocycles. The number of fused-ring (bicyclic) bond motifs is 1. The summed E-state index contributed by atoms with van der Waals surface area (Å²) in [7, 11) is 1.02. The summed E-state index contributed by atoms with van der Waals surface area (Å²) in [5.74, 6) is 1.25. The van der Waals surface area contributed by atoms with E-state index < -0.39 is 7.14 Å². The van der Waals surface area contributed by atoms with Gasteiger partial charge in [-0.1, -0.05) is 0 Å². The van der Waals surface area contributed by atoms with Crippen LogP contribution in [0.15, 0.2) is 30.5 Å². The standard InChI is InChI=1S/C23H27N6O2P/c1-25-19-12-21(28-23-22(19)15(13-24)14-26-23)27-18-6-5-17(11-20(18)31-2)32(30)9-7-29(8-10-32)16-3-4-16/h5-6,11-12,14,16H,3-4,7-10H2,1-2H3,(H3,25,26,27,28). The molecule has 1 saturated heterocycles. The molecule has 1 aromatic carbocycles. The van der Waals surface area contributed by atoms with E-state index in [1.54, 1.807) is 13.3 Å². The fourth-order valence-electron chi connectivity index (χ4n) is 4.53. The van der Waals surface area contributed by atoms with Crippen molar-refractivity contribution in [1.82, 2.24) is 14.9 Å². The number of aromatic nitrogens is 2. The van der Waals surface area contributed by atoms with Gasteiger partial charge in [0.05, 0.1) is 23.7 Å². The molecule has 0 spiro atoms. The SMILES string of the molecule is CNc1cc(Nc2ccc(P3(=O)CCN(C4CC4)CC3)cc2OC)nc2[nH]cc(C#N)c12. The minimum absolute atomic E-state index is 0.544. The molecule has 0 radical (unpaired) electrons. The van der Waals surface area contributed by atoms with Crippen LogP contribution in [0.4, 0.5) is 17.2 Å². The first-order valence-electron chi connectivity index (χ1n) is 10.9. The highest BCUT2D eigenvalue weighted by Gasteiger charge is 2.37. The average Bonchev–Trinajstić information content (AvgIpc) is 3.58. The van der Waals surface area contributed by atoms with Crippen LogP contribution >= 0.6 is 7.14 Å². The third-order valence-corrected chi connectivity index (χ3v) is 9.57. The number of hydrogen-bond donors (Lipinski definition) is 3. The van der Waals surface area contributed by atoms with E-state index in [0.29, 0.717) is 22.8 Å². The molecule has 9 heteroatoms. The minimum Gasteiger partial charge on any atom is -0.495 e. The number of nitrogens with one attached hydrogen (secondary N) is 3. The molecule has 1 aliphatic carbocycles. The summed E-state index contributed by atoms with van der Waals surface area (Å²) in [5, 5.41) is 17.4. The van der Waals surface area contributed by atoms with Crippen LogP contribution in [0.2, 0.25) is 0 Å². The lowest BCUT2D eigenvalue weighted by Gasteiger charge is -2.32. The fraction of sp³-hybridized carbons (Fsp3) is 0.391. The summed E-state index contributed by atoms with van der Waals surface area (Å²) < 4.78 is 19.3. The molecule has 8 nitrogen and oxygen atoms in total. The van der Waals surface area contributed by atoms with Crippen molar-refractivity contribution >= 4 is 40.7 Å². The Bertz CT molecular complexity index is 1250. The lowest BCUT2D eigenvalue weighted by molar-refractivity contribution is 0.285. The van der Waals surface area contributed by atoms with E-state index in [1.165, 1.54) is 12.8 Å². The van der Waals surface area contributed by atoms with Crippen molar-refractivity contribution in [3.05, 3.63) is 36.0 Å². The summed E-state index contributed by atoms with van der Waals surface area (Å²) in [6.45, 7) is 1.84. The normalized spacial score (nSPS) is 18.3. The first-order chi connectivity index (χ1) is 15.5.